The van der Waals surface area contributed by atoms with E-state index in [1.807, 2.05) is 0 Å². The summed E-state index contributed by atoms with van der Waals surface area (Å²) in [7, 11) is 0. The molecule has 0 fully saturated rings. The summed E-state index contributed by atoms with van der Waals surface area (Å²) in [5.74, 6) is 0. The van der Waals surface area contributed by atoms with E-state index in [0.717, 1.165) is 0 Å². The van der Waals surface area contributed by atoms with Crippen molar-refractivity contribution in [2.24, 2.45) is 5.41 Å². The van der Waals surface area contributed by atoms with Gasteiger partial charge >= 0.3 is 0 Å². The van der Waals surface area contributed by atoms with Crippen LogP contribution in [0.15, 0.2) is 16.7 Å². The first-order chi connectivity index (χ1) is 4.45. The molecule has 0 spiro atoms. The van der Waals surface area contributed by atoms with Crippen LogP contribution < -0.4 is 0 Å². The molecule has 0 aromatic heterocycles. The third-order valence-electron chi connectivity index (χ3n) is 2.56. The van der Waals surface area contributed by atoms with E-state index in [9.17, 15) is 0 Å². The Balaban J connectivity index is 0.000001000. The normalized spacial score (nSPS) is 21.4. The average Bonchev–Trinajstić information content (AvgIpc) is 1.95. The van der Waals surface area contributed by atoms with Gasteiger partial charge in [-0.1, -0.05) is 33.1 Å². The Bertz CT molecular complexity index is 219. The predicted molar refractivity (Wildman–Crippen MR) is 44.6 cm³/mol. The van der Waals surface area contributed by atoms with Gasteiger partial charge in [-0.05, 0) is 0 Å². The van der Waals surface area contributed by atoms with E-state index < -0.39 is 0 Å². The van der Waals surface area contributed by atoms with Crippen molar-refractivity contribution < 1.29 is 25.8 Å². The Morgan fingerprint density at radius 1 is 1.09 bits per heavy atom. The Labute approximate surface area is 88.5 Å². The van der Waals surface area contributed by atoms with Crippen molar-refractivity contribution in [3.8, 4) is 0 Å². The number of hydrogen-bond acceptors (Lipinski definition) is 0. The van der Waals surface area contributed by atoms with Crippen molar-refractivity contribution >= 4 is 0 Å². The van der Waals surface area contributed by atoms with Crippen LogP contribution in [-0.2, 0) is 25.8 Å². The second-order valence-electron chi connectivity index (χ2n) is 3.62. The van der Waals surface area contributed by atoms with Crippen LogP contribution >= 0.6 is 0 Å². The van der Waals surface area contributed by atoms with Crippen LogP contribution in [0.4, 0.5) is 0 Å². The summed E-state index contributed by atoms with van der Waals surface area (Å²) in [4.78, 5) is 0. The standard InChI is InChI=1S/C10H15.Sc/c1-7-6-10(4,5)9(3)8(7)2;/h1-5H3;/q-1;. The molecule has 0 bridgehead atoms. The van der Waals surface area contributed by atoms with Gasteiger partial charge in [0.2, 0.25) is 0 Å². The zero-order valence-electron chi connectivity index (χ0n) is 8.08. The van der Waals surface area contributed by atoms with Crippen molar-refractivity contribution in [2.75, 3.05) is 0 Å². The van der Waals surface area contributed by atoms with Crippen LogP contribution in [0.1, 0.15) is 34.6 Å². The topological polar surface area (TPSA) is 0 Å². The largest absolute Gasteiger partial charge is 0.263 e. The van der Waals surface area contributed by atoms with Crippen LogP contribution in [0.2, 0.25) is 0 Å². The number of allylic oxidation sites excluding steroid dienone is 4. The van der Waals surface area contributed by atoms with Gasteiger partial charge in [0.15, 0.2) is 0 Å². The fourth-order valence-electron chi connectivity index (χ4n) is 1.41. The molecule has 1 aliphatic rings. The molecule has 11 heavy (non-hydrogen) atoms. The first-order valence-electron chi connectivity index (χ1n) is 3.75. The van der Waals surface area contributed by atoms with Gasteiger partial charge < -0.3 is 0 Å². The summed E-state index contributed by atoms with van der Waals surface area (Å²) < 4.78 is 0. The summed E-state index contributed by atoms with van der Waals surface area (Å²) in [5.41, 5.74) is 4.39. The van der Waals surface area contributed by atoms with E-state index in [2.05, 4.69) is 40.7 Å². The predicted octanol–water partition coefficient (Wildman–Crippen LogP) is 3.11. The van der Waals surface area contributed by atoms with E-state index in [0.29, 0.717) is 0 Å². The van der Waals surface area contributed by atoms with Crippen LogP contribution in [-0.4, -0.2) is 0 Å². The molecular weight excluding hydrogens is 165 g/mol. The van der Waals surface area contributed by atoms with E-state index in [-0.39, 0.29) is 31.3 Å². The summed E-state index contributed by atoms with van der Waals surface area (Å²) in [6.07, 6.45) is 3.44. The molecule has 0 atom stereocenters. The monoisotopic (exact) mass is 180 g/mol. The Kier molecular flexibility index (Phi) is 3.49. The van der Waals surface area contributed by atoms with Gasteiger partial charge in [-0.15, -0.1) is 6.92 Å². The van der Waals surface area contributed by atoms with E-state index in [4.69, 9.17) is 0 Å². The summed E-state index contributed by atoms with van der Waals surface area (Å²) in [6, 6.07) is 0. The van der Waals surface area contributed by atoms with Crippen molar-refractivity contribution in [1.29, 1.82) is 0 Å². The zero-order valence-corrected chi connectivity index (χ0v) is 9.88. The molecular formula is C10H15Sc-. The van der Waals surface area contributed by atoms with Crippen molar-refractivity contribution in [2.45, 2.75) is 34.6 Å². The summed E-state index contributed by atoms with van der Waals surface area (Å²) in [5, 5.41) is 0. The Hall–Kier alpha value is 0.350. The molecule has 0 amide bonds. The SMILES string of the molecule is CC1=[C-]C(C)(C)C(C)=C1C.[Sc]. The maximum Gasteiger partial charge on any atom is 0 e. The second-order valence-corrected chi connectivity index (χ2v) is 3.62. The molecule has 1 rings (SSSR count). The molecule has 0 nitrogen and oxygen atoms in total. The number of hydrogen-bond donors (Lipinski definition) is 0. The molecule has 59 valence electrons. The van der Waals surface area contributed by atoms with Crippen LogP contribution in [0.3, 0.4) is 0 Å². The molecule has 0 saturated carbocycles. The first-order valence-corrected chi connectivity index (χ1v) is 3.75. The quantitative estimate of drug-likeness (QED) is 0.502. The van der Waals surface area contributed by atoms with Crippen LogP contribution in [0.5, 0.6) is 0 Å². The van der Waals surface area contributed by atoms with Crippen LogP contribution in [0.25, 0.3) is 0 Å². The minimum atomic E-state index is 0. The maximum absolute atomic E-state index is 3.44. The van der Waals surface area contributed by atoms with Crippen molar-refractivity contribution in [3.63, 3.8) is 0 Å². The van der Waals surface area contributed by atoms with Gasteiger partial charge in [0.25, 0.3) is 0 Å². The minimum absolute atomic E-state index is 0. The average molecular weight is 180 g/mol. The van der Waals surface area contributed by atoms with E-state index in [1.165, 1.54) is 16.7 Å². The van der Waals surface area contributed by atoms with Gasteiger partial charge in [0.1, 0.15) is 0 Å². The van der Waals surface area contributed by atoms with Crippen molar-refractivity contribution in [3.05, 3.63) is 22.8 Å². The molecule has 0 unspecified atom stereocenters. The molecule has 1 aliphatic carbocycles. The zero-order chi connectivity index (χ0) is 7.94. The van der Waals surface area contributed by atoms with E-state index in [1.54, 1.807) is 0 Å². The molecule has 1 radical (unpaired) electrons. The third-order valence-corrected chi connectivity index (χ3v) is 2.56. The van der Waals surface area contributed by atoms with Gasteiger partial charge in [0.05, 0.1) is 0 Å². The fraction of sp³-hybridized carbons (Fsp3) is 0.600. The third kappa shape index (κ3) is 1.93. The second kappa shape index (κ2) is 3.38. The smallest absolute Gasteiger partial charge is 0 e. The molecule has 0 aromatic carbocycles. The molecule has 0 aliphatic heterocycles. The summed E-state index contributed by atoms with van der Waals surface area (Å²) in [6.45, 7) is 10.9. The van der Waals surface area contributed by atoms with Gasteiger partial charge in [-0.3, -0.25) is 6.08 Å². The van der Waals surface area contributed by atoms with Gasteiger partial charge in [-0.25, -0.2) is 5.57 Å². The first kappa shape index (κ1) is 11.4. The van der Waals surface area contributed by atoms with Crippen LogP contribution in [0, 0.1) is 11.5 Å². The number of rotatable bonds is 0. The molecule has 0 aromatic rings. The van der Waals surface area contributed by atoms with E-state index >= 15 is 0 Å². The summed E-state index contributed by atoms with van der Waals surface area (Å²) >= 11 is 0. The molecule has 0 heterocycles. The van der Waals surface area contributed by atoms with Gasteiger partial charge in [0, 0.05) is 25.8 Å². The maximum atomic E-state index is 3.44. The minimum Gasteiger partial charge on any atom is -0.263 e. The Morgan fingerprint density at radius 3 is 1.64 bits per heavy atom. The fourth-order valence-corrected chi connectivity index (χ4v) is 1.41. The molecule has 1 heteroatoms. The van der Waals surface area contributed by atoms with Gasteiger partial charge in [-0.2, -0.15) is 11.1 Å². The molecule has 0 saturated heterocycles. The molecule has 0 N–H and O–H groups in total. The van der Waals surface area contributed by atoms with Crippen molar-refractivity contribution in [1.82, 2.24) is 0 Å². The Morgan fingerprint density at radius 2 is 1.55 bits per heavy atom.